The van der Waals surface area contributed by atoms with E-state index in [2.05, 4.69) is 5.10 Å². The van der Waals surface area contributed by atoms with E-state index in [4.69, 9.17) is 17.3 Å². The van der Waals surface area contributed by atoms with Crippen LogP contribution < -0.4 is 5.73 Å². The predicted molar refractivity (Wildman–Crippen MR) is 68.6 cm³/mol. The summed E-state index contributed by atoms with van der Waals surface area (Å²) in [6.45, 7) is 0. The highest BCUT2D eigenvalue weighted by molar-refractivity contribution is 7.98. The number of nitrogens with zero attached hydrogens (tertiary/aromatic N) is 2. The molecule has 84 valence electrons. The Bertz CT molecular complexity index is 496. The Morgan fingerprint density at radius 1 is 1.44 bits per heavy atom. The van der Waals surface area contributed by atoms with Crippen LogP contribution >= 0.6 is 23.4 Å². The summed E-state index contributed by atoms with van der Waals surface area (Å²) in [5, 5.41) is 4.91. The molecule has 1 aromatic heterocycles. The van der Waals surface area contributed by atoms with Gasteiger partial charge in [-0.3, -0.25) is 4.68 Å². The van der Waals surface area contributed by atoms with Crippen molar-refractivity contribution in [2.45, 2.75) is 10.6 Å². The lowest BCUT2D eigenvalue weighted by Crippen LogP contribution is -1.90. The molecule has 0 aliphatic heterocycles. The molecule has 0 bridgehead atoms. The molecule has 5 heteroatoms. The minimum atomic E-state index is 0.603. The molecule has 2 aromatic rings. The molecule has 0 atom stereocenters. The second-order valence-electron chi connectivity index (χ2n) is 3.45. The van der Waals surface area contributed by atoms with Crippen molar-refractivity contribution in [2.24, 2.45) is 7.05 Å². The molecular formula is C11H12ClN3S. The number of halogens is 1. The molecule has 0 saturated carbocycles. The third-order valence-electron chi connectivity index (χ3n) is 2.13. The first kappa shape index (κ1) is 11.4. The van der Waals surface area contributed by atoms with Gasteiger partial charge in [-0.05, 0) is 24.3 Å². The summed E-state index contributed by atoms with van der Waals surface area (Å²) < 4.78 is 1.80. The molecule has 0 spiro atoms. The third kappa shape index (κ3) is 2.71. The molecule has 0 aliphatic carbocycles. The number of thioether (sulfide) groups is 1. The lowest BCUT2D eigenvalue weighted by molar-refractivity contribution is 0.755. The summed E-state index contributed by atoms with van der Waals surface area (Å²) in [5.74, 6) is 0.834. The van der Waals surface area contributed by atoms with Crippen LogP contribution in [0.4, 0.5) is 5.69 Å². The number of nitrogen functional groups attached to an aromatic ring is 1. The number of nitrogens with two attached hydrogens (primary N) is 1. The molecule has 1 heterocycles. The van der Waals surface area contributed by atoms with E-state index < -0.39 is 0 Å². The SMILES string of the molecule is Cn1ccc(CSc2ccc(N)c(Cl)c2)n1. The maximum absolute atomic E-state index is 5.94. The number of benzene rings is 1. The van der Waals surface area contributed by atoms with Crippen molar-refractivity contribution >= 4 is 29.1 Å². The van der Waals surface area contributed by atoms with Crippen molar-refractivity contribution in [1.29, 1.82) is 0 Å². The van der Waals surface area contributed by atoms with Crippen molar-refractivity contribution < 1.29 is 0 Å². The van der Waals surface area contributed by atoms with Crippen molar-refractivity contribution in [3.8, 4) is 0 Å². The van der Waals surface area contributed by atoms with Gasteiger partial charge < -0.3 is 5.73 Å². The van der Waals surface area contributed by atoms with Gasteiger partial charge in [0, 0.05) is 23.9 Å². The van der Waals surface area contributed by atoms with E-state index >= 15 is 0 Å². The summed E-state index contributed by atoms with van der Waals surface area (Å²) in [6, 6.07) is 7.67. The molecule has 0 radical (unpaired) electrons. The van der Waals surface area contributed by atoms with E-state index in [1.165, 1.54) is 0 Å². The van der Waals surface area contributed by atoms with Gasteiger partial charge in [-0.1, -0.05) is 11.6 Å². The Morgan fingerprint density at radius 3 is 2.88 bits per heavy atom. The van der Waals surface area contributed by atoms with Crippen molar-refractivity contribution in [3.63, 3.8) is 0 Å². The van der Waals surface area contributed by atoms with Crippen molar-refractivity contribution in [1.82, 2.24) is 9.78 Å². The zero-order valence-corrected chi connectivity index (χ0v) is 10.4. The smallest absolute Gasteiger partial charge is 0.0727 e. The van der Waals surface area contributed by atoms with Gasteiger partial charge in [-0.25, -0.2) is 0 Å². The number of hydrogen-bond donors (Lipinski definition) is 1. The second-order valence-corrected chi connectivity index (χ2v) is 4.91. The summed E-state index contributed by atoms with van der Waals surface area (Å²) in [6.07, 6.45) is 1.94. The van der Waals surface area contributed by atoms with Crippen LogP contribution in [0, 0.1) is 0 Å². The Morgan fingerprint density at radius 2 is 2.25 bits per heavy atom. The van der Waals surface area contributed by atoms with E-state index in [1.807, 2.05) is 37.5 Å². The van der Waals surface area contributed by atoms with E-state index in [0.717, 1.165) is 16.3 Å². The van der Waals surface area contributed by atoms with E-state index in [1.54, 1.807) is 16.4 Å². The quantitative estimate of drug-likeness (QED) is 0.676. The number of rotatable bonds is 3. The first-order chi connectivity index (χ1) is 7.65. The topological polar surface area (TPSA) is 43.8 Å². The largest absolute Gasteiger partial charge is 0.398 e. The van der Waals surface area contributed by atoms with Gasteiger partial charge in [-0.2, -0.15) is 5.10 Å². The van der Waals surface area contributed by atoms with Gasteiger partial charge in [0.05, 0.1) is 16.4 Å². The highest BCUT2D eigenvalue weighted by Gasteiger charge is 2.01. The minimum absolute atomic E-state index is 0.603. The summed E-state index contributed by atoms with van der Waals surface area (Å²) in [4.78, 5) is 1.10. The molecule has 2 rings (SSSR count). The van der Waals surface area contributed by atoms with Gasteiger partial charge in [0.2, 0.25) is 0 Å². The van der Waals surface area contributed by atoms with Crippen LogP contribution in [-0.2, 0) is 12.8 Å². The summed E-state index contributed by atoms with van der Waals surface area (Å²) in [5.41, 5.74) is 7.31. The molecule has 0 fully saturated rings. The lowest BCUT2D eigenvalue weighted by atomic mass is 10.3. The fraction of sp³-hybridized carbons (Fsp3) is 0.182. The molecule has 3 nitrogen and oxygen atoms in total. The molecule has 0 unspecified atom stereocenters. The van der Waals surface area contributed by atoms with Crippen LogP contribution in [0.2, 0.25) is 5.02 Å². The first-order valence-electron chi connectivity index (χ1n) is 4.81. The lowest BCUT2D eigenvalue weighted by Gasteiger charge is -2.02. The molecular weight excluding hydrogens is 242 g/mol. The maximum Gasteiger partial charge on any atom is 0.0727 e. The average Bonchev–Trinajstić information content (AvgIpc) is 2.66. The molecule has 16 heavy (non-hydrogen) atoms. The third-order valence-corrected chi connectivity index (χ3v) is 3.48. The van der Waals surface area contributed by atoms with Crippen LogP contribution in [0.15, 0.2) is 35.4 Å². The van der Waals surface area contributed by atoms with Gasteiger partial charge in [0.25, 0.3) is 0 Å². The van der Waals surface area contributed by atoms with Crippen LogP contribution in [0.5, 0.6) is 0 Å². The maximum atomic E-state index is 5.94. The minimum Gasteiger partial charge on any atom is -0.398 e. The molecule has 0 saturated heterocycles. The van der Waals surface area contributed by atoms with E-state index in [0.29, 0.717) is 10.7 Å². The number of hydrogen-bond acceptors (Lipinski definition) is 3. The van der Waals surface area contributed by atoms with Gasteiger partial charge in [0.15, 0.2) is 0 Å². The van der Waals surface area contributed by atoms with Crippen LogP contribution in [0.25, 0.3) is 0 Å². The summed E-state index contributed by atoms with van der Waals surface area (Å²) >= 11 is 7.64. The standard InChI is InChI=1S/C11H12ClN3S/c1-15-5-4-8(14-15)7-16-9-2-3-11(13)10(12)6-9/h2-6H,7,13H2,1H3. The second kappa shape index (κ2) is 4.80. The highest BCUT2D eigenvalue weighted by atomic mass is 35.5. The van der Waals surface area contributed by atoms with E-state index in [-0.39, 0.29) is 0 Å². The van der Waals surface area contributed by atoms with Gasteiger partial charge >= 0.3 is 0 Å². The molecule has 0 aliphatic rings. The summed E-state index contributed by atoms with van der Waals surface area (Å²) in [7, 11) is 1.91. The Labute approximate surface area is 104 Å². The predicted octanol–water partition coefficient (Wildman–Crippen LogP) is 2.95. The molecule has 1 aromatic carbocycles. The Balaban J connectivity index is 2.02. The zero-order valence-electron chi connectivity index (χ0n) is 8.85. The van der Waals surface area contributed by atoms with Gasteiger partial charge in [-0.15, -0.1) is 11.8 Å². The Kier molecular flexibility index (Phi) is 3.41. The van der Waals surface area contributed by atoms with Crippen molar-refractivity contribution in [2.75, 3.05) is 5.73 Å². The van der Waals surface area contributed by atoms with E-state index in [9.17, 15) is 0 Å². The Hall–Kier alpha value is -1.13. The number of anilines is 1. The van der Waals surface area contributed by atoms with Crippen molar-refractivity contribution in [3.05, 3.63) is 41.2 Å². The number of aromatic nitrogens is 2. The first-order valence-corrected chi connectivity index (χ1v) is 6.18. The highest BCUT2D eigenvalue weighted by Crippen LogP contribution is 2.28. The van der Waals surface area contributed by atoms with Crippen LogP contribution in [0.3, 0.4) is 0 Å². The monoisotopic (exact) mass is 253 g/mol. The normalized spacial score (nSPS) is 10.6. The van der Waals surface area contributed by atoms with Crippen LogP contribution in [0.1, 0.15) is 5.69 Å². The number of aryl methyl sites for hydroxylation is 1. The molecule has 2 N–H and O–H groups in total. The zero-order chi connectivity index (χ0) is 11.5. The molecule has 0 amide bonds. The fourth-order valence-corrected chi connectivity index (χ4v) is 2.37. The van der Waals surface area contributed by atoms with Gasteiger partial charge in [0.1, 0.15) is 0 Å². The average molecular weight is 254 g/mol. The fourth-order valence-electron chi connectivity index (χ4n) is 1.30. The van der Waals surface area contributed by atoms with Crippen LogP contribution in [-0.4, -0.2) is 9.78 Å².